The Morgan fingerprint density at radius 1 is 1.19 bits per heavy atom. The van der Waals surface area contributed by atoms with E-state index >= 15 is 0 Å². The maximum Gasteiger partial charge on any atom is 0.163 e. The van der Waals surface area contributed by atoms with E-state index in [9.17, 15) is 0 Å². The number of nitrogens with one attached hydrogen (secondary N) is 2. The molecule has 6 heteroatoms. The summed E-state index contributed by atoms with van der Waals surface area (Å²) in [5.41, 5.74) is 5.48. The van der Waals surface area contributed by atoms with Crippen molar-refractivity contribution >= 4 is 5.69 Å². The standard InChI is InChI=1S/C15H18N6/c1-10-14(11(2)19-18-10)8-16-13-6-4-12(5-7-13)15-20-17-9-21(15)3/h4-7,9,16H,8H2,1-3H3,(H,18,19). The molecule has 0 aliphatic heterocycles. The van der Waals surface area contributed by atoms with Gasteiger partial charge in [0.15, 0.2) is 5.82 Å². The highest BCUT2D eigenvalue weighted by atomic mass is 15.2. The first-order chi connectivity index (χ1) is 10.1. The molecule has 0 radical (unpaired) electrons. The summed E-state index contributed by atoms with van der Waals surface area (Å²) in [5.74, 6) is 0.864. The molecule has 3 aromatic rings. The number of hydrogen-bond donors (Lipinski definition) is 2. The summed E-state index contributed by atoms with van der Waals surface area (Å²) in [6.45, 7) is 4.81. The third-order valence-corrected chi connectivity index (χ3v) is 3.60. The molecule has 0 amide bonds. The van der Waals surface area contributed by atoms with Gasteiger partial charge in [-0.25, -0.2) is 0 Å². The molecule has 0 aliphatic rings. The van der Waals surface area contributed by atoms with Crippen LogP contribution in [-0.4, -0.2) is 25.0 Å². The van der Waals surface area contributed by atoms with Gasteiger partial charge in [0.2, 0.25) is 0 Å². The second-order valence-corrected chi connectivity index (χ2v) is 5.11. The van der Waals surface area contributed by atoms with Crippen LogP contribution < -0.4 is 5.32 Å². The van der Waals surface area contributed by atoms with Gasteiger partial charge in [-0.15, -0.1) is 10.2 Å². The lowest BCUT2D eigenvalue weighted by Crippen LogP contribution is -2.01. The lowest BCUT2D eigenvalue weighted by atomic mass is 10.1. The van der Waals surface area contributed by atoms with Crippen molar-refractivity contribution in [1.82, 2.24) is 25.0 Å². The van der Waals surface area contributed by atoms with Crippen LogP contribution in [0.3, 0.4) is 0 Å². The molecule has 21 heavy (non-hydrogen) atoms. The number of nitrogens with zero attached hydrogens (tertiary/aromatic N) is 4. The number of rotatable bonds is 4. The third-order valence-electron chi connectivity index (χ3n) is 3.60. The number of hydrogen-bond acceptors (Lipinski definition) is 4. The summed E-state index contributed by atoms with van der Waals surface area (Å²) in [6, 6.07) is 8.19. The predicted octanol–water partition coefficient (Wildman–Crippen LogP) is 2.43. The molecule has 6 nitrogen and oxygen atoms in total. The largest absolute Gasteiger partial charge is 0.381 e. The monoisotopic (exact) mass is 282 g/mol. The van der Waals surface area contributed by atoms with Gasteiger partial charge in [0.25, 0.3) is 0 Å². The van der Waals surface area contributed by atoms with Gasteiger partial charge in [0.1, 0.15) is 6.33 Å². The third kappa shape index (κ3) is 2.65. The van der Waals surface area contributed by atoms with E-state index in [0.29, 0.717) is 0 Å². The smallest absolute Gasteiger partial charge is 0.163 e. The minimum absolute atomic E-state index is 0.761. The number of benzene rings is 1. The van der Waals surface area contributed by atoms with E-state index in [1.165, 1.54) is 5.56 Å². The maximum absolute atomic E-state index is 4.20. The number of aromatic amines is 1. The summed E-state index contributed by atoms with van der Waals surface area (Å²) >= 11 is 0. The van der Waals surface area contributed by atoms with Crippen molar-refractivity contribution in [1.29, 1.82) is 0 Å². The molecule has 0 atom stereocenters. The van der Waals surface area contributed by atoms with Crippen LogP contribution in [0.5, 0.6) is 0 Å². The fourth-order valence-corrected chi connectivity index (χ4v) is 2.31. The fourth-order valence-electron chi connectivity index (χ4n) is 2.31. The molecule has 0 fully saturated rings. The first-order valence-electron chi connectivity index (χ1n) is 6.84. The molecular weight excluding hydrogens is 264 g/mol. The summed E-state index contributed by atoms with van der Waals surface area (Å²) in [5, 5.41) is 18.6. The zero-order valence-electron chi connectivity index (χ0n) is 12.4. The van der Waals surface area contributed by atoms with Crippen molar-refractivity contribution in [2.45, 2.75) is 20.4 Å². The first kappa shape index (κ1) is 13.4. The molecule has 0 spiro atoms. The summed E-state index contributed by atoms with van der Waals surface area (Å²) in [6.07, 6.45) is 1.70. The van der Waals surface area contributed by atoms with Gasteiger partial charge < -0.3 is 9.88 Å². The van der Waals surface area contributed by atoms with Crippen LogP contribution in [0.4, 0.5) is 5.69 Å². The van der Waals surface area contributed by atoms with Crippen molar-refractivity contribution in [3.05, 3.63) is 47.5 Å². The average molecular weight is 282 g/mol. The van der Waals surface area contributed by atoms with Gasteiger partial charge in [0, 0.05) is 36.1 Å². The predicted molar refractivity (Wildman–Crippen MR) is 81.8 cm³/mol. The molecule has 2 heterocycles. The van der Waals surface area contributed by atoms with Crippen LogP contribution in [0.1, 0.15) is 17.0 Å². The zero-order valence-corrected chi connectivity index (χ0v) is 12.4. The Morgan fingerprint density at radius 2 is 1.95 bits per heavy atom. The molecule has 108 valence electrons. The Morgan fingerprint density at radius 3 is 2.52 bits per heavy atom. The number of aromatic nitrogens is 5. The highest BCUT2D eigenvalue weighted by molar-refractivity contribution is 5.59. The second-order valence-electron chi connectivity index (χ2n) is 5.11. The number of H-pyrrole nitrogens is 1. The van der Waals surface area contributed by atoms with E-state index in [1.54, 1.807) is 6.33 Å². The van der Waals surface area contributed by atoms with Gasteiger partial charge in [-0.05, 0) is 38.1 Å². The first-order valence-corrected chi connectivity index (χ1v) is 6.84. The van der Waals surface area contributed by atoms with Gasteiger partial charge in [-0.1, -0.05) is 0 Å². The Bertz CT molecular complexity index is 718. The minimum Gasteiger partial charge on any atom is -0.381 e. The molecule has 1 aromatic carbocycles. The van der Waals surface area contributed by atoms with E-state index in [-0.39, 0.29) is 0 Å². The van der Waals surface area contributed by atoms with Crippen molar-refractivity contribution in [3.8, 4) is 11.4 Å². The molecule has 2 aromatic heterocycles. The van der Waals surface area contributed by atoms with E-state index < -0.39 is 0 Å². The molecule has 0 aliphatic carbocycles. The van der Waals surface area contributed by atoms with Crippen LogP contribution in [-0.2, 0) is 13.6 Å². The fraction of sp³-hybridized carbons (Fsp3) is 0.267. The minimum atomic E-state index is 0.761. The second kappa shape index (κ2) is 5.40. The van der Waals surface area contributed by atoms with Crippen LogP contribution in [0.2, 0.25) is 0 Å². The van der Waals surface area contributed by atoms with E-state index in [0.717, 1.165) is 35.0 Å². The molecule has 0 saturated heterocycles. The van der Waals surface area contributed by atoms with E-state index in [4.69, 9.17) is 0 Å². The van der Waals surface area contributed by atoms with Gasteiger partial charge in [-0.3, -0.25) is 5.10 Å². The molecule has 0 unspecified atom stereocenters. The topological polar surface area (TPSA) is 71.4 Å². The Balaban J connectivity index is 1.72. The SMILES string of the molecule is Cc1n[nH]c(C)c1CNc1ccc(-c2nncn2C)cc1. The summed E-state index contributed by atoms with van der Waals surface area (Å²) in [4.78, 5) is 0. The average Bonchev–Trinajstić information content (AvgIpc) is 3.04. The lowest BCUT2D eigenvalue weighted by Gasteiger charge is -2.08. The van der Waals surface area contributed by atoms with Crippen LogP contribution in [0, 0.1) is 13.8 Å². The van der Waals surface area contributed by atoms with E-state index in [1.807, 2.05) is 37.6 Å². The number of anilines is 1. The van der Waals surface area contributed by atoms with Crippen molar-refractivity contribution in [2.75, 3.05) is 5.32 Å². The van der Waals surface area contributed by atoms with E-state index in [2.05, 4.69) is 37.8 Å². The van der Waals surface area contributed by atoms with Gasteiger partial charge in [-0.2, -0.15) is 5.10 Å². The number of aryl methyl sites for hydroxylation is 3. The normalized spacial score (nSPS) is 10.8. The van der Waals surface area contributed by atoms with Crippen LogP contribution >= 0.6 is 0 Å². The molecule has 0 saturated carbocycles. The zero-order chi connectivity index (χ0) is 14.8. The van der Waals surface area contributed by atoms with Crippen LogP contribution in [0.15, 0.2) is 30.6 Å². The molecule has 2 N–H and O–H groups in total. The molecular formula is C15H18N6. The van der Waals surface area contributed by atoms with Crippen molar-refractivity contribution in [2.24, 2.45) is 7.05 Å². The lowest BCUT2D eigenvalue weighted by molar-refractivity contribution is 0.920. The Kier molecular flexibility index (Phi) is 3.43. The van der Waals surface area contributed by atoms with Crippen LogP contribution in [0.25, 0.3) is 11.4 Å². The van der Waals surface area contributed by atoms with Crippen molar-refractivity contribution < 1.29 is 0 Å². The summed E-state index contributed by atoms with van der Waals surface area (Å²) in [7, 11) is 1.94. The highest BCUT2D eigenvalue weighted by Gasteiger charge is 2.07. The maximum atomic E-state index is 4.20. The Hall–Kier alpha value is -2.63. The highest BCUT2D eigenvalue weighted by Crippen LogP contribution is 2.19. The Labute approximate surface area is 123 Å². The quantitative estimate of drug-likeness (QED) is 0.771. The van der Waals surface area contributed by atoms with Gasteiger partial charge >= 0.3 is 0 Å². The van der Waals surface area contributed by atoms with Gasteiger partial charge in [0.05, 0.1) is 5.69 Å². The summed E-state index contributed by atoms with van der Waals surface area (Å²) < 4.78 is 1.90. The van der Waals surface area contributed by atoms with Crippen molar-refractivity contribution in [3.63, 3.8) is 0 Å². The molecule has 0 bridgehead atoms. The molecule has 3 rings (SSSR count).